The van der Waals surface area contributed by atoms with Gasteiger partial charge in [-0.25, -0.2) is 8.42 Å². The van der Waals surface area contributed by atoms with E-state index in [9.17, 15) is 13.2 Å². The number of carbonyl (C=O) groups excluding carboxylic acids is 1. The number of nitrogens with zero attached hydrogens (tertiary/aromatic N) is 4. The third kappa shape index (κ3) is 4.27. The first-order valence-corrected chi connectivity index (χ1v) is 12.0. The molecule has 0 atom stereocenters. The number of hydrogen-bond acceptors (Lipinski definition) is 6. The number of sulfonamides is 1. The molecule has 9 heteroatoms. The molecule has 4 rings (SSSR count). The van der Waals surface area contributed by atoms with Crippen molar-refractivity contribution < 1.29 is 17.7 Å². The summed E-state index contributed by atoms with van der Waals surface area (Å²) in [6.07, 6.45) is 8.82. The van der Waals surface area contributed by atoms with E-state index < -0.39 is 10.0 Å². The lowest BCUT2D eigenvalue weighted by atomic mass is 10.0. The second-order valence-electron chi connectivity index (χ2n) is 8.27. The third-order valence-corrected chi connectivity index (χ3v) is 8.16. The molecule has 0 bridgehead atoms. The van der Waals surface area contributed by atoms with Crippen LogP contribution >= 0.6 is 0 Å². The summed E-state index contributed by atoms with van der Waals surface area (Å²) in [6.45, 7) is 5.45. The quantitative estimate of drug-likeness (QED) is 0.697. The lowest BCUT2D eigenvalue weighted by Gasteiger charge is -2.35. The van der Waals surface area contributed by atoms with Crippen molar-refractivity contribution in [2.24, 2.45) is 0 Å². The van der Waals surface area contributed by atoms with Crippen molar-refractivity contribution in [3.05, 3.63) is 23.2 Å². The van der Waals surface area contributed by atoms with Gasteiger partial charge in [0.25, 0.3) is 0 Å². The summed E-state index contributed by atoms with van der Waals surface area (Å²) in [5.74, 6) is 0.476. The minimum Gasteiger partial charge on any atom is -0.360 e. The van der Waals surface area contributed by atoms with Crippen LogP contribution in [0.2, 0.25) is 0 Å². The Morgan fingerprint density at radius 2 is 1.93 bits per heavy atom. The maximum absolute atomic E-state index is 13.0. The molecule has 8 nitrogen and oxygen atoms in total. The van der Waals surface area contributed by atoms with Crippen molar-refractivity contribution in [1.29, 1.82) is 0 Å². The van der Waals surface area contributed by atoms with E-state index in [1.165, 1.54) is 16.4 Å². The molecular formula is C20H30N4O4S. The van der Waals surface area contributed by atoms with Crippen LogP contribution in [-0.2, 0) is 14.8 Å². The topological polar surface area (TPSA) is 87.0 Å². The van der Waals surface area contributed by atoms with Crippen LogP contribution in [-0.4, -0.2) is 72.4 Å². The second-order valence-corrected chi connectivity index (χ2v) is 10.1. The Bertz CT molecular complexity index is 876. The average Bonchev–Trinajstić information content (AvgIpc) is 3.46. The predicted octanol–water partition coefficient (Wildman–Crippen LogP) is 2.05. The standard InChI is InChI=1S/C20H30N4O4S/c1-15-20(16(2)28-21-15)29(26,27)23-12-10-22(11-13-23)14-19(25)24(18-8-9-18)17-6-4-3-5-7-17/h6,18H,3-5,7-14H2,1-2H3. The number of rotatable bonds is 6. The van der Waals surface area contributed by atoms with E-state index in [1.807, 2.05) is 4.90 Å². The molecule has 160 valence electrons. The van der Waals surface area contributed by atoms with Crippen molar-refractivity contribution in [1.82, 2.24) is 19.3 Å². The van der Waals surface area contributed by atoms with Crippen molar-refractivity contribution in [3.63, 3.8) is 0 Å². The number of allylic oxidation sites excluding steroid dienone is 2. The van der Waals surface area contributed by atoms with Gasteiger partial charge >= 0.3 is 0 Å². The van der Waals surface area contributed by atoms with Gasteiger partial charge in [-0.05, 0) is 52.4 Å². The molecule has 0 spiro atoms. The summed E-state index contributed by atoms with van der Waals surface area (Å²) < 4.78 is 32.4. The summed E-state index contributed by atoms with van der Waals surface area (Å²) in [5, 5.41) is 3.77. The normalized spacial score (nSPS) is 21.8. The van der Waals surface area contributed by atoms with Crippen LogP contribution in [0.1, 0.15) is 50.0 Å². The van der Waals surface area contributed by atoms with Crippen molar-refractivity contribution in [2.45, 2.75) is 63.3 Å². The zero-order chi connectivity index (χ0) is 20.6. The molecule has 1 aromatic rings. The number of carbonyl (C=O) groups is 1. The Balaban J connectivity index is 1.37. The van der Waals surface area contributed by atoms with Gasteiger partial charge in [-0.3, -0.25) is 9.69 Å². The largest absolute Gasteiger partial charge is 0.360 e. The van der Waals surface area contributed by atoms with Gasteiger partial charge < -0.3 is 9.42 Å². The predicted molar refractivity (Wildman–Crippen MR) is 108 cm³/mol. The summed E-state index contributed by atoms with van der Waals surface area (Å²) >= 11 is 0. The first-order valence-electron chi connectivity index (χ1n) is 10.5. The maximum atomic E-state index is 13.0. The van der Waals surface area contributed by atoms with Crippen LogP contribution in [0, 0.1) is 13.8 Å². The summed E-state index contributed by atoms with van der Waals surface area (Å²) in [6, 6.07) is 0.369. The Morgan fingerprint density at radius 3 is 2.48 bits per heavy atom. The monoisotopic (exact) mass is 422 g/mol. The van der Waals surface area contributed by atoms with E-state index in [-0.39, 0.29) is 10.8 Å². The zero-order valence-corrected chi connectivity index (χ0v) is 18.1. The molecule has 1 amide bonds. The van der Waals surface area contributed by atoms with Gasteiger partial charge in [0.05, 0.1) is 6.54 Å². The molecule has 0 aromatic carbocycles. The molecule has 0 unspecified atom stereocenters. The highest BCUT2D eigenvalue weighted by Gasteiger charge is 2.37. The Labute approximate surface area is 172 Å². The smallest absolute Gasteiger partial charge is 0.248 e. The first kappa shape index (κ1) is 20.6. The molecular weight excluding hydrogens is 392 g/mol. The molecule has 3 aliphatic rings. The van der Waals surface area contributed by atoms with Crippen molar-refractivity contribution in [3.8, 4) is 0 Å². The molecule has 0 N–H and O–H groups in total. The molecule has 29 heavy (non-hydrogen) atoms. The Morgan fingerprint density at radius 1 is 1.21 bits per heavy atom. The van der Waals surface area contributed by atoms with Crippen LogP contribution in [0.5, 0.6) is 0 Å². The Kier molecular flexibility index (Phi) is 5.81. The lowest BCUT2D eigenvalue weighted by Crippen LogP contribution is -2.51. The van der Waals surface area contributed by atoms with Crippen LogP contribution < -0.4 is 0 Å². The molecule has 1 saturated carbocycles. The van der Waals surface area contributed by atoms with E-state index in [0.29, 0.717) is 50.2 Å². The van der Waals surface area contributed by atoms with Crippen LogP contribution in [0.3, 0.4) is 0 Å². The first-order chi connectivity index (χ1) is 13.9. The Hall–Kier alpha value is -1.71. The maximum Gasteiger partial charge on any atom is 0.248 e. The number of aromatic nitrogens is 1. The highest BCUT2D eigenvalue weighted by atomic mass is 32.2. The fourth-order valence-electron chi connectivity index (χ4n) is 4.34. The number of piperazine rings is 1. The van der Waals surface area contributed by atoms with Crippen molar-refractivity contribution in [2.75, 3.05) is 32.7 Å². The van der Waals surface area contributed by atoms with E-state index in [0.717, 1.165) is 32.1 Å². The highest BCUT2D eigenvalue weighted by molar-refractivity contribution is 7.89. The number of aryl methyl sites for hydroxylation is 2. The van der Waals surface area contributed by atoms with Gasteiger partial charge in [0.1, 0.15) is 10.6 Å². The molecule has 1 saturated heterocycles. The summed E-state index contributed by atoms with van der Waals surface area (Å²) in [7, 11) is -3.62. The van der Waals surface area contributed by atoms with E-state index in [2.05, 4.69) is 16.1 Å². The van der Waals surface area contributed by atoms with Crippen LogP contribution in [0.15, 0.2) is 21.2 Å². The average molecular weight is 423 g/mol. The van der Waals surface area contributed by atoms with E-state index >= 15 is 0 Å². The molecule has 1 aliphatic heterocycles. The van der Waals surface area contributed by atoms with E-state index in [1.54, 1.807) is 13.8 Å². The van der Waals surface area contributed by atoms with Crippen molar-refractivity contribution >= 4 is 15.9 Å². The second kappa shape index (κ2) is 8.20. The van der Waals surface area contributed by atoms with Gasteiger partial charge in [-0.2, -0.15) is 4.31 Å². The third-order valence-electron chi connectivity index (χ3n) is 6.01. The number of hydrogen-bond donors (Lipinski definition) is 0. The lowest BCUT2D eigenvalue weighted by molar-refractivity contribution is -0.131. The molecule has 1 aromatic heterocycles. The zero-order valence-electron chi connectivity index (χ0n) is 17.3. The molecule has 2 fully saturated rings. The highest BCUT2D eigenvalue weighted by Crippen LogP contribution is 2.34. The fourth-order valence-corrected chi connectivity index (χ4v) is 6.05. The summed E-state index contributed by atoms with van der Waals surface area (Å²) in [4.78, 5) is 17.3. The van der Waals surface area contributed by atoms with Crippen LogP contribution in [0.25, 0.3) is 0 Å². The van der Waals surface area contributed by atoms with Crippen LogP contribution in [0.4, 0.5) is 0 Å². The minimum atomic E-state index is -3.62. The van der Waals surface area contributed by atoms with Gasteiger partial charge in [0, 0.05) is 37.9 Å². The van der Waals surface area contributed by atoms with E-state index in [4.69, 9.17) is 4.52 Å². The molecule has 2 heterocycles. The van der Waals surface area contributed by atoms with Gasteiger partial charge in [0.2, 0.25) is 15.9 Å². The van der Waals surface area contributed by atoms with Gasteiger partial charge in [-0.1, -0.05) is 11.2 Å². The minimum absolute atomic E-state index is 0.155. The molecule has 0 radical (unpaired) electrons. The van der Waals surface area contributed by atoms with Gasteiger partial charge in [-0.15, -0.1) is 0 Å². The fraction of sp³-hybridized carbons (Fsp3) is 0.700. The SMILES string of the molecule is Cc1noc(C)c1S(=O)(=O)N1CCN(CC(=O)N(C2=CCCCC2)C2CC2)CC1. The number of amides is 1. The molecule has 2 aliphatic carbocycles. The summed E-state index contributed by atoms with van der Waals surface area (Å²) in [5.41, 5.74) is 1.59. The van der Waals surface area contributed by atoms with Gasteiger partial charge in [0.15, 0.2) is 5.76 Å².